The standard InChI is InChI=1S/C10H15NO2/c1-13-10(12)7-2-3-8-5-11-6-9(8)4-7/h7,11H,2-6H2,1H3. The third-order valence-corrected chi connectivity index (χ3v) is 3.00. The van der Waals surface area contributed by atoms with E-state index in [1.807, 2.05) is 0 Å². The monoisotopic (exact) mass is 181 g/mol. The van der Waals surface area contributed by atoms with Gasteiger partial charge < -0.3 is 10.1 Å². The van der Waals surface area contributed by atoms with Crippen molar-refractivity contribution in [3.8, 4) is 0 Å². The summed E-state index contributed by atoms with van der Waals surface area (Å²) in [6.45, 7) is 2.01. The van der Waals surface area contributed by atoms with Gasteiger partial charge in [-0.2, -0.15) is 0 Å². The largest absolute Gasteiger partial charge is 0.469 e. The summed E-state index contributed by atoms with van der Waals surface area (Å²) >= 11 is 0. The van der Waals surface area contributed by atoms with E-state index in [-0.39, 0.29) is 11.9 Å². The smallest absolute Gasteiger partial charge is 0.308 e. The number of ether oxygens (including phenoxy) is 1. The van der Waals surface area contributed by atoms with E-state index in [1.165, 1.54) is 18.3 Å². The highest BCUT2D eigenvalue weighted by Gasteiger charge is 2.28. The molecule has 2 aliphatic rings. The average molecular weight is 181 g/mol. The lowest BCUT2D eigenvalue weighted by Crippen LogP contribution is -2.20. The lowest BCUT2D eigenvalue weighted by molar-refractivity contribution is -0.145. The molecule has 0 radical (unpaired) electrons. The molecule has 13 heavy (non-hydrogen) atoms. The Morgan fingerprint density at radius 1 is 1.46 bits per heavy atom. The van der Waals surface area contributed by atoms with E-state index in [9.17, 15) is 4.79 Å². The Hall–Kier alpha value is -0.830. The van der Waals surface area contributed by atoms with Crippen molar-refractivity contribution >= 4 is 5.97 Å². The van der Waals surface area contributed by atoms with E-state index < -0.39 is 0 Å². The highest BCUT2D eigenvalue weighted by molar-refractivity contribution is 5.73. The van der Waals surface area contributed by atoms with Gasteiger partial charge >= 0.3 is 5.97 Å². The number of hydrogen-bond acceptors (Lipinski definition) is 3. The van der Waals surface area contributed by atoms with E-state index in [2.05, 4.69) is 5.32 Å². The Kier molecular flexibility index (Phi) is 2.36. The second kappa shape index (κ2) is 3.50. The van der Waals surface area contributed by atoms with Crippen LogP contribution >= 0.6 is 0 Å². The zero-order valence-corrected chi connectivity index (χ0v) is 7.93. The normalized spacial score (nSPS) is 27.3. The highest BCUT2D eigenvalue weighted by atomic mass is 16.5. The lowest BCUT2D eigenvalue weighted by Gasteiger charge is -2.21. The van der Waals surface area contributed by atoms with Crippen LogP contribution in [-0.4, -0.2) is 26.2 Å². The van der Waals surface area contributed by atoms with Gasteiger partial charge in [-0.05, 0) is 19.3 Å². The number of nitrogens with one attached hydrogen (secondary N) is 1. The molecule has 1 atom stereocenters. The molecule has 0 saturated carbocycles. The van der Waals surface area contributed by atoms with Gasteiger partial charge in [0.1, 0.15) is 0 Å². The van der Waals surface area contributed by atoms with Crippen LogP contribution in [0.4, 0.5) is 0 Å². The fraction of sp³-hybridized carbons (Fsp3) is 0.700. The van der Waals surface area contributed by atoms with Gasteiger partial charge in [-0.15, -0.1) is 0 Å². The lowest BCUT2D eigenvalue weighted by atomic mass is 9.85. The number of methoxy groups -OCH3 is 1. The summed E-state index contributed by atoms with van der Waals surface area (Å²) in [4.78, 5) is 11.3. The Bertz CT molecular complexity index is 258. The minimum absolute atomic E-state index is 0.0431. The van der Waals surface area contributed by atoms with Gasteiger partial charge in [0.2, 0.25) is 0 Å². The fourth-order valence-electron chi connectivity index (χ4n) is 2.21. The predicted molar refractivity (Wildman–Crippen MR) is 49.3 cm³/mol. The number of rotatable bonds is 1. The van der Waals surface area contributed by atoms with Crippen molar-refractivity contribution in [3.63, 3.8) is 0 Å². The first kappa shape index (κ1) is 8.75. The van der Waals surface area contributed by atoms with Crippen LogP contribution < -0.4 is 5.32 Å². The second-order valence-corrected chi connectivity index (χ2v) is 3.77. The molecule has 0 aromatic rings. The van der Waals surface area contributed by atoms with E-state index >= 15 is 0 Å². The number of esters is 1. The molecule has 0 amide bonds. The quantitative estimate of drug-likeness (QED) is 0.481. The molecule has 0 bridgehead atoms. The van der Waals surface area contributed by atoms with Crippen LogP contribution in [0.3, 0.4) is 0 Å². The molecule has 0 aromatic carbocycles. The van der Waals surface area contributed by atoms with Crippen LogP contribution in [0, 0.1) is 5.92 Å². The van der Waals surface area contributed by atoms with Gasteiger partial charge in [0.05, 0.1) is 13.0 Å². The van der Waals surface area contributed by atoms with E-state index in [0.29, 0.717) is 0 Å². The SMILES string of the molecule is COC(=O)C1CCC2=C(CNC2)C1. The van der Waals surface area contributed by atoms with E-state index in [4.69, 9.17) is 4.74 Å². The van der Waals surface area contributed by atoms with Crippen molar-refractivity contribution in [2.24, 2.45) is 5.92 Å². The van der Waals surface area contributed by atoms with Crippen molar-refractivity contribution in [2.75, 3.05) is 20.2 Å². The summed E-state index contributed by atoms with van der Waals surface area (Å²) in [6.07, 6.45) is 2.95. The van der Waals surface area contributed by atoms with Gasteiger partial charge in [-0.1, -0.05) is 11.1 Å². The number of carbonyl (C=O) groups is 1. The molecule has 1 aliphatic carbocycles. The second-order valence-electron chi connectivity index (χ2n) is 3.77. The summed E-state index contributed by atoms with van der Waals surface area (Å²) in [7, 11) is 1.47. The first-order valence-electron chi connectivity index (χ1n) is 4.79. The summed E-state index contributed by atoms with van der Waals surface area (Å²) in [5.41, 5.74) is 2.97. The molecule has 3 nitrogen and oxygen atoms in total. The molecule has 3 heteroatoms. The molecule has 2 rings (SSSR count). The molecular weight excluding hydrogens is 166 g/mol. The summed E-state index contributed by atoms with van der Waals surface area (Å²) < 4.78 is 4.76. The van der Waals surface area contributed by atoms with Crippen LogP contribution in [0.5, 0.6) is 0 Å². The molecule has 72 valence electrons. The van der Waals surface area contributed by atoms with Crippen LogP contribution in [0.15, 0.2) is 11.1 Å². The number of carbonyl (C=O) groups excluding carboxylic acids is 1. The number of hydrogen-bond donors (Lipinski definition) is 1. The average Bonchev–Trinajstić information content (AvgIpc) is 2.63. The summed E-state index contributed by atoms with van der Waals surface area (Å²) in [5, 5.41) is 3.32. The first-order valence-corrected chi connectivity index (χ1v) is 4.79. The topological polar surface area (TPSA) is 38.3 Å². The maximum atomic E-state index is 11.3. The highest BCUT2D eigenvalue weighted by Crippen LogP contribution is 2.31. The minimum Gasteiger partial charge on any atom is -0.469 e. The molecule has 0 spiro atoms. The van der Waals surface area contributed by atoms with Crippen LogP contribution in [0.1, 0.15) is 19.3 Å². The van der Waals surface area contributed by atoms with Crippen LogP contribution in [-0.2, 0) is 9.53 Å². The van der Waals surface area contributed by atoms with Gasteiger partial charge in [-0.25, -0.2) is 0 Å². The van der Waals surface area contributed by atoms with Gasteiger partial charge in [0.25, 0.3) is 0 Å². The maximum absolute atomic E-state index is 11.3. The van der Waals surface area contributed by atoms with Gasteiger partial charge in [-0.3, -0.25) is 4.79 Å². The predicted octanol–water partition coefficient (Wildman–Crippen LogP) is 0.859. The summed E-state index contributed by atoms with van der Waals surface area (Å²) in [5.74, 6) is 0.0714. The molecule has 0 saturated heterocycles. The molecule has 1 N–H and O–H groups in total. The molecule has 1 heterocycles. The Morgan fingerprint density at radius 2 is 2.23 bits per heavy atom. The maximum Gasteiger partial charge on any atom is 0.308 e. The molecule has 1 unspecified atom stereocenters. The van der Waals surface area contributed by atoms with Crippen molar-refractivity contribution in [2.45, 2.75) is 19.3 Å². The third-order valence-electron chi connectivity index (χ3n) is 3.00. The minimum atomic E-state index is -0.0431. The Balaban J connectivity index is 2.03. The van der Waals surface area contributed by atoms with Gasteiger partial charge in [0.15, 0.2) is 0 Å². The molecule has 0 aromatic heterocycles. The molecular formula is C10H15NO2. The molecule has 1 aliphatic heterocycles. The fourth-order valence-corrected chi connectivity index (χ4v) is 2.21. The van der Waals surface area contributed by atoms with Crippen LogP contribution in [0.25, 0.3) is 0 Å². The summed E-state index contributed by atoms with van der Waals surface area (Å²) in [6, 6.07) is 0. The van der Waals surface area contributed by atoms with E-state index in [1.54, 1.807) is 0 Å². The Labute approximate surface area is 78.1 Å². The zero-order chi connectivity index (χ0) is 9.26. The van der Waals surface area contributed by atoms with Crippen molar-refractivity contribution in [3.05, 3.63) is 11.1 Å². The molecule has 0 fully saturated rings. The Morgan fingerprint density at radius 3 is 3.00 bits per heavy atom. The first-order chi connectivity index (χ1) is 6.31. The van der Waals surface area contributed by atoms with Crippen LogP contribution in [0.2, 0.25) is 0 Å². The van der Waals surface area contributed by atoms with Crippen molar-refractivity contribution < 1.29 is 9.53 Å². The van der Waals surface area contributed by atoms with Gasteiger partial charge in [0, 0.05) is 13.1 Å². The van der Waals surface area contributed by atoms with E-state index in [0.717, 1.165) is 32.4 Å². The van der Waals surface area contributed by atoms with Crippen molar-refractivity contribution in [1.29, 1.82) is 0 Å². The van der Waals surface area contributed by atoms with Crippen molar-refractivity contribution in [1.82, 2.24) is 5.32 Å². The zero-order valence-electron chi connectivity index (χ0n) is 7.93. The third kappa shape index (κ3) is 1.61.